The van der Waals surface area contributed by atoms with Crippen molar-refractivity contribution in [2.45, 2.75) is 13.5 Å². The first-order valence-electron chi connectivity index (χ1n) is 6.51. The minimum absolute atomic E-state index is 0.607. The van der Waals surface area contributed by atoms with Crippen molar-refractivity contribution in [2.24, 2.45) is 0 Å². The van der Waals surface area contributed by atoms with Gasteiger partial charge in [0.05, 0.1) is 6.54 Å². The van der Waals surface area contributed by atoms with Crippen molar-refractivity contribution in [3.8, 4) is 11.4 Å². The molecular formula is C15H14BrN5. The van der Waals surface area contributed by atoms with E-state index in [9.17, 15) is 0 Å². The molecule has 5 nitrogen and oxygen atoms in total. The van der Waals surface area contributed by atoms with E-state index < -0.39 is 0 Å². The van der Waals surface area contributed by atoms with E-state index in [1.807, 2.05) is 43.3 Å². The largest absolute Gasteiger partial charge is 0.398 e. The minimum Gasteiger partial charge on any atom is -0.398 e. The third kappa shape index (κ3) is 2.80. The molecular weight excluding hydrogens is 330 g/mol. The predicted molar refractivity (Wildman–Crippen MR) is 85.6 cm³/mol. The smallest absolute Gasteiger partial charge is 0.182 e. The summed E-state index contributed by atoms with van der Waals surface area (Å²) in [4.78, 5) is 0. The van der Waals surface area contributed by atoms with Gasteiger partial charge >= 0.3 is 0 Å². The van der Waals surface area contributed by atoms with Gasteiger partial charge in [0.1, 0.15) is 0 Å². The van der Waals surface area contributed by atoms with Crippen LogP contribution in [0.2, 0.25) is 0 Å². The second kappa shape index (κ2) is 5.65. The average molecular weight is 344 g/mol. The second-order valence-corrected chi connectivity index (χ2v) is 5.73. The normalized spacial score (nSPS) is 10.8. The molecule has 0 spiro atoms. The summed E-state index contributed by atoms with van der Waals surface area (Å²) in [7, 11) is 0. The summed E-state index contributed by atoms with van der Waals surface area (Å²) in [5.41, 5.74) is 9.77. The molecule has 2 aromatic carbocycles. The first-order chi connectivity index (χ1) is 10.1. The molecule has 0 saturated heterocycles. The quantitative estimate of drug-likeness (QED) is 0.742. The van der Waals surface area contributed by atoms with Crippen LogP contribution in [0.5, 0.6) is 0 Å². The molecule has 2 N–H and O–H groups in total. The van der Waals surface area contributed by atoms with Gasteiger partial charge < -0.3 is 5.73 Å². The highest BCUT2D eigenvalue weighted by atomic mass is 79.9. The molecule has 0 saturated carbocycles. The first kappa shape index (κ1) is 13.8. The van der Waals surface area contributed by atoms with Crippen LogP contribution in [0, 0.1) is 6.92 Å². The van der Waals surface area contributed by atoms with E-state index >= 15 is 0 Å². The predicted octanol–water partition coefficient (Wildman–Crippen LogP) is 3.04. The Labute approximate surface area is 130 Å². The highest BCUT2D eigenvalue weighted by molar-refractivity contribution is 9.10. The van der Waals surface area contributed by atoms with Crippen molar-refractivity contribution < 1.29 is 0 Å². The van der Waals surface area contributed by atoms with Gasteiger partial charge in [-0.1, -0.05) is 40.2 Å². The van der Waals surface area contributed by atoms with Crippen LogP contribution in [0.25, 0.3) is 11.4 Å². The number of nitrogens with zero attached hydrogens (tertiary/aromatic N) is 4. The fourth-order valence-corrected chi connectivity index (χ4v) is 2.65. The van der Waals surface area contributed by atoms with Crippen molar-refractivity contribution in [3.05, 3.63) is 58.1 Å². The first-order valence-corrected chi connectivity index (χ1v) is 7.30. The molecule has 1 aromatic heterocycles. The molecule has 0 unspecified atom stereocenters. The van der Waals surface area contributed by atoms with Crippen molar-refractivity contribution >= 4 is 21.6 Å². The maximum absolute atomic E-state index is 5.97. The Morgan fingerprint density at radius 2 is 2.00 bits per heavy atom. The Bertz CT molecular complexity index is 781. The average Bonchev–Trinajstić information content (AvgIpc) is 2.90. The zero-order chi connectivity index (χ0) is 14.8. The monoisotopic (exact) mass is 343 g/mol. The van der Waals surface area contributed by atoms with Gasteiger partial charge in [-0.3, -0.25) is 0 Å². The lowest BCUT2D eigenvalue weighted by molar-refractivity contribution is 0.653. The highest BCUT2D eigenvalue weighted by Crippen LogP contribution is 2.25. The Hall–Kier alpha value is -2.21. The molecule has 0 amide bonds. The van der Waals surface area contributed by atoms with Crippen molar-refractivity contribution in [1.82, 2.24) is 20.2 Å². The zero-order valence-electron chi connectivity index (χ0n) is 11.5. The molecule has 3 aromatic rings. The Morgan fingerprint density at radius 3 is 2.81 bits per heavy atom. The van der Waals surface area contributed by atoms with Gasteiger partial charge in [0.2, 0.25) is 0 Å². The fraction of sp³-hybridized carbons (Fsp3) is 0.133. The van der Waals surface area contributed by atoms with Gasteiger partial charge in [-0.05, 0) is 46.7 Å². The molecule has 0 fully saturated rings. The molecule has 0 aliphatic heterocycles. The summed E-state index contributed by atoms with van der Waals surface area (Å²) < 4.78 is 2.82. The number of aromatic nitrogens is 4. The number of nitrogen functional groups attached to an aromatic ring is 1. The standard InChI is InChI=1S/C15H14BrN5/c1-10-13(6-3-7-14(10)17)15-18-19-20-21(15)9-11-4-2-5-12(16)8-11/h2-8H,9,17H2,1H3. The number of anilines is 1. The molecule has 0 bridgehead atoms. The Kier molecular flexibility index (Phi) is 3.70. The maximum atomic E-state index is 5.97. The summed E-state index contributed by atoms with van der Waals surface area (Å²) in [5.74, 6) is 0.722. The van der Waals surface area contributed by atoms with E-state index in [0.29, 0.717) is 6.54 Å². The highest BCUT2D eigenvalue weighted by Gasteiger charge is 2.13. The number of hydrogen-bond donors (Lipinski definition) is 1. The number of rotatable bonds is 3. The van der Waals surface area contributed by atoms with Gasteiger partial charge in [0.25, 0.3) is 0 Å². The molecule has 0 aliphatic rings. The van der Waals surface area contributed by atoms with Crippen LogP contribution in [0.3, 0.4) is 0 Å². The van der Waals surface area contributed by atoms with E-state index in [-0.39, 0.29) is 0 Å². The SMILES string of the molecule is Cc1c(N)cccc1-c1nnnn1Cc1cccc(Br)c1. The Balaban J connectivity index is 2.00. The molecule has 0 atom stereocenters. The number of hydrogen-bond acceptors (Lipinski definition) is 4. The van der Waals surface area contributed by atoms with Gasteiger partial charge in [0.15, 0.2) is 5.82 Å². The van der Waals surface area contributed by atoms with Crippen LogP contribution >= 0.6 is 15.9 Å². The molecule has 21 heavy (non-hydrogen) atoms. The van der Waals surface area contributed by atoms with Gasteiger partial charge in [0, 0.05) is 15.7 Å². The van der Waals surface area contributed by atoms with E-state index in [1.165, 1.54) is 0 Å². The van der Waals surface area contributed by atoms with E-state index in [2.05, 4.69) is 37.5 Å². The summed E-state index contributed by atoms with van der Waals surface area (Å²) in [6.45, 7) is 2.58. The van der Waals surface area contributed by atoms with E-state index in [4.69, 9.17) is 5.73 Å². The zero-order valence-corrected chi connectivity index (χ0v) is 13.1. The van der Waals surface area contributed by atoms with Crippen LogP contribution in [-0.2, 0) is 6.54 Å². The lowest BCUT2D eigenvalue weighted by Crippen LogP contribution is -2.05. The molecule has 3 rings (SSSR count). The van der Waals surface area contributed by atoms with Gasteiger partial charge in [-0.25, -0.2) is 4.68 Å². The number of nitrogens with two attached hydrogens (primary N) is 1. The lowest BCUT2D eigenvalue weighted by Gasteiger charge is -2.09. The number of tetrazole rings is 1. The van der Waals surface area contributed by atoms with E-state index in [0.717, 1.165) is 32.7 Å². The molecule has 0 radical (unpaired) electrons. The van der Waals surface area contributed by atoms with Gasteiger partial charge in [-0.2, -0.15) is 0 Å². The van der Waals surface area contributed by atoms with E-state index in [1.54, 1.807) is 4.68 Å². The topological polar surface area (TPSA) is 69.6 Å². The maximum Gasteiger partial charge on any atom is 0.182 e. The summed E-state index contributed by atoms with van der Waals surface area (Å²) in [6, 6.07) is 13.9. The fourth-order valence-electron chi connectivity index (χ4n) is 2.21. The molecule has 106 valence electrons. The van der Waals surface area contributed by atoms with Crippen LogP contribution in [-0.4, -0.2) is 20.2 Å². The lowest BCUT2D eigenvalue weighted by atomic mass is 10.1. The summed E-state index contributed by atoms with van der Waals surface area (Å²) in [5, 5.41) is 12.0. The van der Waals surface area contributed by atoms with Crippen molar-refractivity contribution in [1.29, 1.82) is 0 Å². The second-order valence-electron chi connectivity index (χ2n) is 4.81. The van der Waals surface area contributed by atoms with Crippen molar-refractivity contribution in [3.63, 3.8) is 0 Å². The van der Waals surface area contributed by atoms with Gasteiger partial charge in [-0.15, -0.1) is 5.10 Å². The summed E-state index contributed by atoms with van der Waals surface area (Å²) in [6.07, 6.45) is 0. The Morgan fingerprint density at radius 1 is 1.19 bits per heavy atom. The minimum atomic E-state index is 0.607. The summed E-state index contributed by atoms with van der Waals surface area (Å²) >= 11 is 3.47. The van der Waals surface area contributed by atoms with Crippen LogP contribution in [0.15, 0.2) is 46.9 Å². The molecule has 0 aliphatic carbocycles. The third-order valence-electron chi connectivity index (χ3n) is 3.37. The van der Waals surface area contributed by atoms with Crippen LogP contribution in [0.1, 0.15) is 11.1 Å². The number of benzene rings is 2. The third-order valence-corrected chi connectivity index (χ3v) is 3.86. The molecule has 6 heteroatoms. The van der Waals surface area contributed by atoms with Crippen molar-refractivity contribution in [2.75, 3.05) is 5.73 Å². The van der Waals surface area contributed by atoms with Crippen LogP contribution < -0.4 is 5.73 Å². The number of halogens is 1. The molecule has 1 heterocycles. The van der Waals surface area contributed by atoms with Crippen LogP contribution in [0.4, 0.5) is 5.69 Å².